The number of nitrogens with one attached hydrogen (secondary N) is 1. The number of anilines is 1. The molecule has 2 aromatic rings. The van der Waals surface area contributed by atoms with Crippen molar-refractivity contribution >= 4 is 17.9 Å². The molecule has 156 valence electrons. The molecule has 0 radical (unpaired) electrons. The molecule has 1 saturated heterocycles. The van der Waals surface area contributed by atoms with Crippen molar-refractivity contribution in [1.82, 2.24) is 10.1 Å². The van der Waals surface area contributed by atoms with Gasteiger partial charge in [-0.05, 0) is 32.3 Å². The van der Waals surface area contributed by atoms with Gasteiger partial charge in [0, 0.05) is 24.2 Å². The highest BCUT2D eigenvalue weighted by Crippen LogP contribution is 2.34. The second kappa shape index (κ2) is 7.88. The van der Waals surface area contributed by atoms with Gasteiger partial charge in [0.2, 0.25) is 0 Å². The van der Waals surface area contributed by atoms with Gasteiger partial charge >= 0.3 is 12.2 Å². The van der Waals surface area contributed by atoms with Gasteiger partial charge in [0.15, 0.2) is 5.82 Å². The predicted octanol–water partition coefficient (Wildman–Crippen LogP) is 5.41. The van der Waals surface area contributed by atoms with E-state index >= 15 is 0 Å². The first kappa shape index (κ1) is 20.9. The van der Waals surface area contributed by atoms with E-state index < -0.39 is 17.6 Å². The van der Waals surface area contributed by atoms with Gasteiger partial charge < -0.3 is 9.42 Å². The van der Waals surface area contributed by atoms with Crippen molar-refractivity contribution in [1.29, 1.82) is 0 Å². The summed E-state index contributed by atoms with van der Waals surface area (Å²) in [6.45, 7) is 6.09. The summed E-state index contributed by atoms with van der Waals surface area (Å²) >= 11 is 0. The van der Waals surface area contributed by atoms with Crippen LogP contribution in [0.4, 0.5) is 28.2 Å². The van der Waals surface area contributed by atoms with E-state index in [0.717, 1.165) is 17.2 Å². The zero-order valence-corrected chi connectivity index (χ0v) is 16.2. The Kier molecular flexibility index (Phi) is 5.68. The number of hydrogen-bond donors (Lipinski definition) is 1. The van der Waals surface area contributed by atoms with Crippen molar-refractivity contribution in [3.8, 4) is 0 Å². The third kappa shape index (κ3) is 4.44. The number of urea groups is 1. The van der Waals surface area contributed by atoms with Crippen LogP contribution in [0.3, 0.4) is 0 Å². The van der Waals surface area contributed by atoms with Crippen LogP contribution in [0.1, 0.15) is 35.8 Å². The van der Waals surface area contributed by atoms with E-state index in [-0.39, 0.29) is 17.5 Å². The summed E-state index contributed by atoms with van der Waals surface area (Å²) in [6.07, 6.45) is -2.86. The van der Waals surface area contributed by atoms with Gasteiger partial charge in [-0.3, -0.25) is 5.32 Å². The molecule has 2 heterocycles. The van der Waals surface area contributed by atoms with E-state index in [2.05, 4.69) is 10.5 Å². The van der Waals surface area contributed by atoms with Crippen LogP contribution in [0.15, 0.2) is 28.3 Å². The van der Waals surface area contributed by atoms with Crippen molar-refractivity contribution < 1.29 is 26.9 Å². The molecule has 1 unspecified atom stereocenters. The van der Waals surface area contributed by atoms with E-state index in [4.69, 9.17) is 4.52 Å². The maximum Gasteiger partial charge on any atom is 0.419 e. The number of amides is 2. The molecule has 1 fully saturated rings. The molecule has 0 saturated carbocycles. The Labute approximate surface area is 165 Å². The van der Waals surface area contributed by atoms with E-state index in [1.54, 1.807) is 18.7 Å². The van der Waals surface area contributed by atoms with Crippen LogP contribution in [-0.2, 0) is 6.18 Å². The maximum absolute atomic E-state index is 14.3. The van der Waals surface area contributed by atoms with Crippen LogP contribution in [0, 0.1) is 25.6 Å². The first-order valence-electron chi connectivity index (χ1n) is 9.13. The molecule has 1 atom stereocenters. The van der Waals surface area contributed by atoms with Crippen LogP contribution >= 0.6 is 0 Å². The van der Waals surface area contributed by atoms with Crippen molar-refractivity contribution in [2.24, 2.45) is 5.92 Å². The smallest absolute Gasteiger partial charge is 0.359 e. The minimum absolute atomic E-state index is 0.103. The summed E-state index contributed by atoms with van der Waals surface area (Å²) < 4.78 is 58.0. The number of aryl methyl sites for hydroxylation is 1. The number of aromatic nitrogens is 1. The molecule has 9 heteroatoms. The lowest BCUT2D eigenvalue weighted by atomic mass is 9.91. The van der Waals surface area contributed by atoms with Crippen molar-refractivity contribution in [3.63, 3.8) is 0 Å². The lowest BCUT2D eigenvalue weighted by Gasteiger charge is -2.33. The molecule has 0 aliphatic carbocycles. The van der Waals surface area contributed by atoms with Crippen molar-refractivity contribution in [2.75, 3.05) is 18.4 Å². The summed E-state index contributed by atoms with van der Waals surface area (Å²) in [7, 11) is 0. The number of piperidine rings is 1. The molecule has 29 heavy (non-hydrogen) atoms. The first-order chi connectivity index (χ1) is 13.6. The van der Waals surface area contributed by atoms with E-state index in [9.17, 15) is 22.4 Å². The summed E-state index contributed by atoms with van der Waals surface area (Å²) in [5, 5.41) is 6.50. The molecule has 1 N–H and O–H groups in total. The third-order valence-corrected chi connectivity index (χ3v) is 5.14. The topological polar surface area (TPSA) is 58.4 Å². The molecule has 0 spiro atoms. The Morgan fingerprint density at radius 2 is 2.07 bits per heavy atom. The number of likely N-dealkylation sites (tertiary alicyclic amines) is 1. The van der Waals surface area contributed by atoms with Crippen LogP contribution < -0.4 is 5.32 Å². The summed E-state index contributed by atoms with van der Waals surface area (Å²) in [4.78, 5) is 14.1. The predicted molar refractivity (Wildman–Crippen MR) is 99.7 cm³/mol. The maximum atomic E-state index is 14.3. The zero-order chi connectivity index (χ0) is 21.3. The highest BCUT2D eigenvalue weighted by molar-refractivity contribution is 5.89. The van der Waals surface area contributed by atoms with Gasteiger partial charge in [0.25, 0.3) is 0 Å². The number of alkyl halides is 3. The average molecular weight is 411 g/mol. The molecular formula is C20H21F4N3O2. The largest absolute Gasteiger partial charge is 0.419 e. The van der Waals surface area contributed by atoms with Crippen molar-refractivity contribution in [2.45, 2.75) is 33.4 Å². The van der Waals surface area contributed by atoms with Gasteiger partial charge in [0.1, 0.15) is 11.6 Å². The Morgan fingerprint density at radius 1 is 1.34 bits per heavy atom. The van der Waals surface area contributed by atoms with Crippen molar-refractivity contribution in [3.05, 3.63) is 52.0 Å². The Hall–Kier alpha value is -2.84. The molecule has 3 rings (SSSR count). The summed E-state index contributed by atoms with van der Waals surface area (Å²) in [5.74, 6) is -0.450. The standard InChI is InChI=1S/C20H21F4N3O2/c1-11-10-27(19(28)25-18-12(2)13(3)29-26-18)8-7-14(11)9-15-5-4-6-16(17(15)21)20(22,23)24/h4-6,9,11H,7-8,10H2,1-3H3,(H,25,26,28). The molecule has 1 aromatic heterocycles. The molecule has 5 nitrogen and oxygen atoms in total. The number of carbonyl (C=O) groups is 1. The molecule has 1 aromatic carbocycles. The highest BCUT2D eigenvalue weighted by Gasteiger charge is 2.35. The fourth-order valence-corrected chi connectivity index (χ4v) is 3.24. The van der Waals surface area contributed by atoms with Gasteiger partial charge in [-0.15, -0.1) is 0 Å². The molecular weight excluding hydrogens is 390 g/mol. The fourth-order valence-electron chi connectivity index (χ4n) is 3.24. The molecule has 2 amide bonds. The normalized spacial score (nSPS) is 18.9. The van der Waals surface area contributed by atoms with Crippen LogP contribution in [0.25, 0.3) is 6.08 Å². The number of hydrogen-bond acceptors (Lipinski definition) is 3. The lowest BCUT2D eigenvalue weighted by Crippen LogP contribution is -2.42. The lowest BCUT2D eigenvalue weighted by molar-refractivity contribution is -0.140. The fraction of sp³-hybridized carbons (Fsp3) is 0.400. The Balaban J connectivity index is 1.72. The van der Waals surface area contributed by atoms with E-state index in [1.807, 2.05) is 6.92 Å². The number of halogens is 4. The summed E-state index contributed by atoms with van der Waals surface area (Å²) in [6, 6.07) is 2.89. The second-order valence-electron chi connectivity index (χ2n) is 7.17. The van der Waals surface area contributed by atoms with Crippen LogP contribution in [-0.4, -0.2) is 29.2 Å². The monoisotopic (exact) mass is 411 g/mol. The third-order valence-electron chi connectivity index (χ3n) is 5.14. The van der Waals surface area contributed by atoms with Gasteiger partial charge in [-0.1, -0.05) is 35.9 Å². The molecule has 0 bridgehead atoms. The quantitative estimate of drug-likeness (QED) is 0.673. The molecule has 1 aliphatic rings. The highest BCUT2D eigenvalue weighted by atomic mass is 19.4. The second-order valence-corrected chi connectivity index (χ2v) is 7.17. The van der Waals surface area contributed by atoms with Crippen LogP contribution in [0.2, 0.25) is 0 Å². The van der Waals surface area contributed by atoms with Gasteiger partial charge in [0.05, 0.1) is 5.56 Å². The van der Waals surface area contributed by atoms with Gasteiger partial charge in [-0.2, -0.15) is 13.2 Å². The molecule has 1 aliphatic heterocycles. The van der Waals surface area contributed by atoms with Crippen LogP contribution in [0.5, 0.6) is 0 Å². The number of benzene rings is 1. The van der Waals surface area contributed by atoms with Gasteiger partial charge in [-0.25, -0.2) is 9.18 Å². The minimum Gasteiger partial charge on any atom is -0.359 e. The first-order valence-corrected chi connectivity index (χ1v) is 9.13. The van der Waals surface area contributed by atoms with E-state index in [1.165, 1.54) is 18.2 Å². The Bertz CT molecular complexity index is 950. The number of nitrogens with zero attached hydrogens (tertiary/aromatic N) is 2. The Morgan fingerprint density at radius 3 is 2.66 bits per heavy atom. The average Bonchev–Trinajstić information content (AvgIpc) is 2.96. The van der Waals surface area contributed by atoms with E-state index in [0.29, 0.717) is 31.1 Å². The zero-order valence-electron chi connectivity index (χ0n) is 16.2. The number of rotatable bonds is 2. The number of carbonyl (C=O) groups excluding carboxylic acids is 1. The SMILES string of the molecule is Cc1onc(NC(=O)N2CCC(=Cc3cccc(C(F)(F)F)c3F)C(C)C2)c1C. The minimum atomic E-state index is -4.75. The summed E-state index contributed by atoms with van der Waals surface area (Å²) in [5.41, 5.74) is 0.146.